The van der Waals surface area contributed by atoms with Gasteiger partial charge in [0.15, 0.2) is 0 Å². The van der Waals surface area contributed by atoms with E-state index in [1.54, 1.807) is 30.9 Å². The van der Waals surface area contributed by atoms with Crippen molar-refractivity contribution in [2.45, 2.75) is 0 Å². The third-order valence-electron chi connectivity index (χ3n) is 5.26. The number of hydrogen-bond acceptors (Lipinski definition) is 6. The van der Waals surface area contributed by atoms with Crippen LogP contribution in [0.15, 0.2) is 97.6 Å². The van der Waals surface area contributed by atoms with Crippen LogP contribution in [0, 0.1) is 0 Å². The fourth-order valence-corrected chi connectivity index (χ4v) is 3.89. The highest BCUT2D eigenvalue weighted by Gasteiger charge is 2.15. The van der Waals surface area contributed by atoms with Crippen LogP contribution in [-0.2, 0) is 0 Å². The number of benzene rings is 3. The molecule has 0 aliphatic carbocycles. The lowest BCUT2D eigenvalue weighted by Gasteiger charge is -2.08. The summed E-state index contributed by atoms with van der Waals surface area (Å²) >= 11 is 0. The topological polar surface area (TPSA) is 78.6 Å². The third kappa shape index (κ3) is 3.13. The van der Waals surface area contributed by atoms with Gasteiger partial charge in [-0.25, -0.2) is 15.0 Å². The molecule has 0 unspecified atom stereocenters. The van der Waals surface area contributed by atoms with Crippen molar-refractivity contribution < 1.29 is 4.74 Å². The summed E-state index contributed by atoms with van der Waals surface area (Å²) in [5.41, 5.74) is 4.11. The maximum Gasteiger partial charge on any atom is 0.321 e. The SMILES string of the molecule is c1cnc(Oc2cccc(-c3ccc4c5ccccc5n(-c5nccnn5)c4c3)c2)nc1. The van der Waals surface area contributed by atoms with Gasteiger partial charge in [-0.05, 0) is 41.5 Å². The summed E-state index contributed by atoms with van der Waals surface area (Å²) in [6.07, 6.45) is 6.53. The van der Waals surface area contributed by atoms with Crippen LogP contribution in [0.4, 0.5) is 0 Å². The molecule has 0 fully saturated rings. The van der Waals surface area contributed by atoms with E-state index in [0.717, 1.165) is 32.9 Å². The van der Waals surface area contributed by atoms with E-state index >= 15 is 0 Å². The summed E-state index contributed by atoms with van der Waals surface area (Å²) in [5, 5.41) is 10.5. The Kier molecular flexibility index (Phi) is 4.28. The van der Waals surface area contributed by atoms with Gasteiger partial charge in [-0.3, -0.25) is 4.57 Å². The van der Waals surface area contributed by atoms with Crippen molar-refractivity contribution in [3.8, 4) is 28.8 Å². The second-order valence-electron chi connectivity index (χ2n) is 7.19. The lowest BCUT2D eigenvalue weighted by atomic mass is 10.0. The molecule has 32 heavy (non-hydrogen) atoms. The number of rotatable bonds is 4. The maximum absolute atomic E-state index is 5.81. The second kappa shape index (κ2) is 7.55. The fraction of sp³-hybridized carbons (Fsp3) is 0. The number of ether oxygens (including phenoxy) is 1. The van der Waals surface area contributed by atoms with Gasteiger partial charge < -0.3 is 4.74 Å². The summed E-state index contributed by atoms with van der Waals surface area (Å²) in [7, 11) is 0. The summed E-state index contributed by atoms with van der Waals surface area (Å²) in [4.78, 5) is 12.7. The summed E-state index contributed by atoms with van der Waals surface area (Å²) in [6, 6.07) is 24.6. The molecule has 0 bridgehead atoms. The van der Waals surface area contributed by atoms with Gasteiger partial charge >= 0.3 is 6.01 Å². The molecule has 152 valence electrons. The average Bonchev–Trinajstić information content (AvgIpc) is 3.19. The zero-order valence-electron chi connectivity index (χ0n) is 16.8. The van der Waals surface area contributed by atoms with E-state index < -0.39 is 0 Å². The number of aromatic nitrogens is 6. The Hall–Kier alpha value is -4.65. The predicted octanol–water partition coefficient (Wildman–Crippen LogP) is 5.22. The van der Waals surface area contributed by atoms with E-state index in [1.807, 2.05) is 41.0 Å². The van der Waals surface area contributed by atoms with Crippen LogP contribution >= 0.6 is 0 Å². The minimum atomic E-state index is 0.314. The van der Waals surface area contributed by atoms with Gasteiger partial charge in [-0.2, -0.15) is 5.10 Å². The Balaban J connectivity index is 1.50. The smallest absolute Gasteiger partial charge is 0.321 e. The zero-order valence-corrected chi connectivity index (χ0v) is 16.8. The summed E-state index contributed by atoms with van der Waals surface area (Å²) < 4.78 is 7.85. The molecule has 0 saturated heterocycles. The molecule has 7 heteroatoms. The maximum atomic E-state index is 5.81. The minimum Gasteiger partial charge on any atom is -0.424 e. The first-order valence-corrected chi connectivity index (χ1v) is 10.1. The highest BCUT2D eigenvalue weighted by molar-refractivity contribution is 6.09. The van der Waals surface area contributed by atoms with E-state index in [9.17, 15) is 0 Å². The molecule has 0 amide bonds. The molecular weight excluding hydrogens is 400 g/mol. The Morgan fingerprint density at radius 1 is 0.625 bits per heavy atom. The largest absolute Gasteiger partial charge is 0.424 e. The lowest BCUT2D eigenvalue weighted by molar-refractivity contribution is 0.442. The Morgan fingerprint density at radius 2 is 1.47 bits per heavy atom. The molecule has 3 aromatic heterocycles. The van der Waals surface area contributed by atoms with E-state index in [1.165, 1.54) is 0 Å². The molecule has 0 aliphatic rings. The van der Waals surface area contributed by atoms with Crippen molar-refractivity contribution in [1.29, 1.82) is 0 Å². The molecule has 0 N–H and O–H groups in total. The van der Waals surface area contributed by atoms with Crippen molar-refractivity contribution in [1.82, 2.24) is 29.7 Å². The van der Waals surface area contributed by atoms with Crippen LogP contribution in [0.2, 0.25) is 0 Å². The van der Waals surface area contributed by atoms with Gasteiger partial charge in [0.05, 0.1) is 23.4 Å². The Labute approximate surface area is 183 Å². The molecule has 0 aliphatic heterocycles. The van der Waals surface area contributed by atoms with Crippen molar-refractivity contribution in [3.05, 3.63) is 97.6 Å². The van der Waals surface area contributed by atoms with Crippen LogP contribution < -0.4 is 4.74 Å². The molecule has 0 saturated carbocycles. The normalized spacial score (nSPS) is 11.1. The highest BCUT2D eigenvalue weighted by Crippen LogP contribution is 2.34. The van der Waals surface area contributed by atoms with Crippen LogP contribution in [0.5, 0.6) is 11.8 Å². The molecule has 3 aromatic carbocycles. The van der Waals surface area contributed by atoms with E-state index in [-0.39, 0.29) is 0 Å². The van der Waals surface area contributed by atoms with Crippen molar-refractivity contribution >= 4 is 21.8 Å². The minimum absolute atomic E-state index is 0.314. The summed E-state index contributed by atoms with van der Waals surface area (Å²) in [5.74, 6) is 1.21. The first-order chi connectivity index (χ1) is 15.9. The molecule has 0 radical (unpaired) electrons. The van der Waals surface area contributed by atoms with Crippen LogP contribution in [0.1, 0.15) is 0 Å². The summed E-state index contributed by atoms with van der Waals surface area (Å²) in [6.45, 7) is 0. The average molecular weight is 416 g/mol. The van der Waals surface area contributed by atoms with Crippen LogP contribution in [-0.4, -0.2) is 29.7 Å². The Morgan fingerprint density at radius 3 is 2.34 bits per heavy atom. The standard InChI is InChI=1S/C25H16N6O/c1-2-8-22-20(7-1)21-10-9-18(16-23(21)31(22)24-26-13-14-29-30-24)17-5-3-6-19(15-17)32-25-27-11-4-12-28-25/h1-16H. The van der Waals surface area contributed by atoms with Gasteiger partial charge in [0, 0.05) is 23.2 Å². The van der Waals surface area contributed by atoms with Crippen molar-refractivity contribution in [2.75, 3.05) is 0 Å². The lowest BCUT2D eigenvalue weighted by Crippen LogP contribution is -2.01. The van der Waals surface area contributed by atoms with Gasteiger partial charge in [0.2, 0.25) is 0 Å². The van der Waals surface area contributed by atoms with Gasteiger partial charge in [0.25, 0.3) is 5.95 Å². The second-order valence-corrected chi connectivity index (χ2v) is 7.19. The van der Waals surface area contributed by atoms with E-state index in [2.05, 4.69) is 55.5 Å². The van der Waals surface area contributed by atoms with Crippen LogP contribution in [0.25, 0.3) is 38.9 Å². The van der Waals surface area contributed by atoms with E-state index in [4.69, 9.17) is 4.74 Å². The quantitative estimate of drug-likeness (QED) is 0.392. The highest BCUT2D eigenvalue weighted by atomic mass is 16.5. The van der Waals surface area contributed by atoms with Crippen molar-refractivity contribution in [3.63, 3.8) is 0 Å². The fourth-order valence-electron chi connectivity index (χ4n) is 3.89. The monoisotopic (exact) mass is 416 g/mol. The first-order valence-electron chi connectivity index (χ1n) is 10.1. The predicted molar refractivity (Wildman–Crippen MR) is 122 cm³/mol. The van der Waals surface area contributed by atoms with E-state index in [0.29, 0.717) is 17.7 Å². The van der Waals surface area contributed by atoms with Gasteiger partial charge in [-0.1, -0.05) is 42.5 Å². The third-order valence-corrected chi connectivity index (χ3v) is 5.26. The molecule has 0 atom stereocenters. The van der Waals surface area contributed by atoms with Gasteiger partial charge in [0.1, 0.15) is 5.75 Å². The molecule has 3 heterocycles. The van der Waals surface area contributed by atoms with Crippen LogP contribution in [0.3, 0.4) is 0 Å². The number of fused-ring (bicyclic) bond motifs is 3. The first kappa shape index (κ1) is 18.1. The molecule has 0 spiro atoms. The molecule has 7 nitrogen and oxygen atoms in total. The number of nitrogens with zero attached hydrogens (tertiary/aromatic N) is 6. The van der Waals surface area contributed by atoms with Gasteiger partial charge in [-0.15, -0.1) is 5.10 Å². The Bertz CT molecular complexity index is 1550. The number of para-hydroxylation sites is 1. The molecule has 6 rings (SSSR count). The molecular formula is C25H16N6O. The molecule has 6 aromatic rings. The number of hydrogen-bond donors (Lipinski definition) is 0. The zero-order chi connectivity index (χ0) is 21.3. The van der Waals surface area contributed by atoms with Crippen molar-refractivity contribution in [2.24, 2.45) is 0 Å².